The van der Waals surface area contributed by atoms with Gasteiger partial charge in [0.15, 0.2) is 34.6 Å². The molecule has 52 heavy (non-hydrogen) atoms. The van der Waals surface area contributed by atoms with Crippen molar-refractivity contribution < 1.29 is 59.1 Å². The normalized spacial score (nSPS) is 13.7. The van der Waals surface area contributed by atoms with Crippen LogP contribution >= 0.6 is 0 Å². The van der Waals surface area contributed by atoms with Crippen LogP contribution in [-0.4, -0.2) is 83.7 Å². The number of aliphatic carboxylic acids is 2. The first kappa shape index (κ1) is 40.7. The first-order valence-electron chi connectivity index (χ1n) is 16.8. The van der Waals surface area contributed by atoms with E-state index in [1.54, 1.807) is 40.0 Å². The molecule has 0 aliphatic heterocycles. The van der Waals surface area contributed by atoms with Crippen molar-refractivity contribution in [3.8, 4) is 17.2 Å². The van der Waals surface area contributed by atoms with Crippen LogP contribution in [0.3, 0.4) is 0 Å². The van der Waals surface area contributed by atoms with Crippen LogP contribution in [0.25, 0.3) is 10.9 Å². The SMILES string of the molecule is CC(C)[C@@H](CC(=O)[C@H](CC(=O)O)NC(=O)[C@H](CC(=O)[C@H](Cc1c[nH]c2ccccc12)NC(=O)CCC(=O)c1cc(O)c(O)c(O)c1)C(C)C)C(=O)O. The van der Waals surface area contributed by atoms with Crippen molar-refractivity contribution in [2.75, 3.05) is 0 Å². The zero-order chi connectivity index (χ0) is 38.9. The minimum absolute atomic E-state index is 0.000574. The molecule has 3 aromatic rings. The van der Waals surface area contributed by atoms with Gasteiger partial charge >= 0.3 is 11.9 Å². The van der Waals surface area contributed by atoms with Gasteiger partial charge in [0.2, 0.25) is 11.8 Å². The predicted molar refractivity (Wildman–Crippen MR) is 187 cm³/mol. The Morgan fingerprint density at radius 1 is 0.731 bits per heavy atom. The van der Waals surface area contributed by atoms with E-state index in [1.807, 2.05) is 18.2 Å². The van der Waals surface area contributed by atoms with E-state index < -0.39 is 113 Å². The van der Waals surface area contributed by atoms with E-state index in [-0.39, 0.29) is 24.8 Å². The molecule has 1 aromatic heterocycles. The molecule has 8 N–H and O–H groups in total. The second kappa shape index (κ2) is 18.0. The maximum Gasteiger partial charge on any atom is 0.307 e. The molecule has 0 bridgehead atoms. The first-order chi connectivity index (χ1) is 24.4. The number of benzene rings is 2. The van der Waals surface area contributed by atoms with Gasteiger partial charge in [-0.15, -0.1) is 0 Å². The van der Waals surface area contributed by atoms with Gasteiger partial charge in [0.05, 0.1) is 24.4 Å². The number of para-hydroxylation sites is 1. The number of Topliss-reactive ketones (excluding diaryl/α,β-unsaturated/α-hetero) is 3. The van der Waals surface area contributed by atoms with Gasteiger partial charge in [0, 0.05) is 60.7 Å². The summed E-state index contributed by atoms with van der Waals surface area (Å²) in [7, 11) is 0. The highest BCUT2D eigenvalue weighted by Gasteiger charge is 2.35. The summed E-state index contributed by atoms with van der Waals surface area (Å²) < 4.78 is 0. The zero-order valence-electron chi connectivity index (χ0n) is 29.3. The number of hydrogen-bond donors (Lipinski definition) is 8. The lowest BCUT2D eigenvalue weighted by atomic mass is 9.85. The summed E-state index contributed by atoms with van der Waals surface area (Å²) in [5.41, 5.74) is 1.30. The van der Waals surface area contributed by atoms with Gasteiger partial charge in [-0.2, -0.15) is 0 Å². The number of carbonyl (C=O) groups excluding carboxylic acids is 5. The average Bonchev–Trinajstić information content (AvgIpc) is 3.48. The Morgan fingerprint density at radius 3 is 1.88 bits per heavy atom. The third-order valence-electron chi connectivity index (χ3n) is 8.98. The summed E-state index contributed by atoms with van der Waals surface area (Å²) in [6.07, 6.45) is -0.804. The van der Waals surface area contributed by atoms with Gasteiger partial charge in [-0.05, 0) is 35.6 Å². The van der Waals surface area contributed by atoms with Crippen molar-refractivity contribution in [2.45, 2.75) is 78.3 Å². The molecule has 0 aliphatic rings. The summed E-state index contributed by atoms with van der Waals surface area (Å²) in [4.78, 5) is 92.9. The van der Waals surface area contributed by atoms with Crippen molar-refractivity contribution in [3.05, 3.63) is 53.7 Å². The molecule has 0 saturated heterocycles. The Hall–Kier alpha value is -5.73. The highest BCUT2D eigenvalue weighted by molar-refractivity contribution is 6.00. The molecule has 0 unspecified atom stereocenters. The van der Waals surface area contributed by atoms with Crippen molar-refractivity contribution in [1.29, 1.82) is 0 Å². The van der Waals surface area contributed by atoms with Crippen molar-refractivity contribution in [3.63, 3.8) is 0 Å². The van der Waals surface area contributed by atoms with Crippen LogP contribution in [0.4, 0.5) is 0 Å². The molecule has 1 heterocycles. The van der Waals surface area contributed by atoms with E-state index in [1.165, 1.54) is 0 Å². The summed E-state index contributed by atoms with van der Waals surface area (Å²) >= 11 is 0. The lowest BCUT2D eigenvalue weighted by Crippen LogP contribution is -2.48. The highest BCUT2D eigenvalue weighted by atomic mass is 16.4. The Balaban J connectivity index is 1.82. The molecule has 0 spiro atoms. The first-order valence-corrected chi connectivity index (χ1v) is 16.8. The number of hydrogen-bond acceptors (Lipinski definition) is 10. The van der Waals surface area contributed by atoms with Crippen LogP contribution in [0.5, 0.6) is 17.2 Å². The highest BCUT2D eigenvalue weighted by Crippen LogP contribution is 2.35. The molecule has 15 nitrogen and oxygen atoms in total. The minimum Gasteiger partial charge on any atom is -0.504 e. The van der Waals surface area contributed by atoms with Gasteiger partial charge in [-0.3, -0.25) is 33.6 Å². The Labute approximate surface area is 299 Å². The predicted octanol–water partition coefficient (Wildman–Crippen LogP) is 3.48. The second-order valence-corrected chi connectivity index (χ2v) is 13.5. The number of H-pyrrole nitrogens is 1. The van der Waals surface area contributed by atoms with Crippen LogP contribution < -0.4 is 10.6 Å². The van der Waals surface area contributed by atoms with Crippen molar-refractivity contribution in [1.82, 2.24) is 15.6 Å². The van der Waals surface area contributed by atoms with Crippen LogP contribution in [0, 0.1) is 23.7 Å². The lowest BCUT2D eigenvalue weighted by molar-refractivity contribution is -0.146. The number of ketones is 3. The number of rotatable bonds is 20. The van der Waals surface area contributed by atoms with E-state index in [9.17, 15) is 59.1 Å². The zero-order valence-corrected chi connectivity index (χ0v) is 29.3. The van der Waals surface area contributed by atoms with Crippen LogP contribution in [0.15, 0.2) is 42.6 Å². The van der Waals surface area contributed by atoms with E-state index in [0.717, 1.165) is 23.0 Å². The molecule has 0 fully saturated rings. The molecule has 0 saturated carbocycles. The number of phenolic OH excluding ortho intramolecular Hbond substituents is 3. The number of aromatic amines is 1. The molecular weight excluding hydrogens is 678 g/mol. The molecule has 15 heteroatoms. The molecule has 2 aromatic carbocycles. The largest absolute Gasteiger partial charge is 0.504 e. The number of aromatic nitrogens is 1. The van der Waals surface area contributed by atoms with Crippen LogP contribution in [-0.2, 0) is 35.2 Å². The fourth-order valence-electron chi connectivity index (χ4n) is 5.82. The Bertz CT molecular complexity index is 1810. The van der Waals surface area contributed by atoms with E-state index >= 15 is 0 Å². The standard InChI is InChI=1S/C37H45N3O12/c1-18(2)23(36(50)40-27(16-34(47)48)30(43)15-24(19(3)4)37(51)52)14-29(42)26(11-21-17-38-25-8-6-5-7-22(21)25)39-33(46)10-9-28(41)20-12-31(44)35(49)32(45)13-20/h5-8,12-13,17-19,23-24,26-27,38,44-45,49H,9-11,14-16H2,1-4H3,(H,39,46)(H,40,50)(H,47,48)(H,51,52)/t23-,24-,26+,27+/m1/s1. The topological polar surface area (TPSA) is 260 Å². The summed E-state index contributed by atoms with van der Waals surface area (Å²) in [6, 6.07) is 6.42. The molecular formula is C37H45N3O12. The Morgan fingerprint density at radius 2 is 1.31 bits per heavy atom. The van der Waals surface area contributed by atoms with Gasteiger partial charge in [-0.25, -0.2) is 0 Å². The summed E-state index contributed by atoms with van der Waals surface area (Å²) in [5, 5.41) is 53.9. The van der Waals surface area contributed by atoms with Gasteiger partial charge in [0.25, 0.3) is 0 Å². The maximum atomic E-state index is 13.9. The van der Waals surface area contributed by atoms with Crippen molar-refractivity contribution >= 4 is 52.0 Å². The smallest absolute Gasteiger partial charge is 0.307 e. The number of aromatic hydroxyl groups is 3. The number of carboxylic acid groups (broad SMARTS) is 2. The average molecular weight is 724 g/mol. The molecule has 0 radical (unpaired) electrons. The monoisotopic (exact) mass is 723 g/mol. The molecule has 0 aliphatic carbocycles. The second-order valence-electron chi connectivity index (χ2n) is 13.5. The number of nitrogens with one attached hydrogen (secondary N) is 3. The third-order valence-corrected chi connectivity index (χ3v) is 8.98. The number of phenols is 3. The summed E-state index contributed by atoms with van der Waals surface area (Å²) in [6.45, 7) is 6.52. The van der Waals surface area contributed by atoms with Crippen molar-refractivity contribution in [2.24, 2.45) is 23.7 Å². The molecule has 3 rings (SSSR count). The lowest BCUT2D eigenvalue weighted by Gasteiger charge is -2.26. The summed E-state index contributed by atoms with van der Waals surface area (Å²) in [5.74, 6) is -11.4. The van der Waals surface area contributed by atoms with E-state index in [2.05, 4.69) is 15.6 Å². The number of carboxylic acids is 2. The van der Waals surface area contributed by atoms with Crippen LogP contribution in [0.1, 0.15) is 75.7 Å². The maximum absolute atomic E-state index is 13.9. The molecule has 280 valence electrons. The van der Waals surface area contributed by atoms with E-state index in [4.69, 9.17) is 0 Å². The molecule has 2 amide bonds. The Kier molecular flexibility index (Phi) is 14.1. The quantitative estimate of drug-likeness (QED) is 0.0616. The fourth-order valence-corrected chi connectivity index (χ4v) is 5.82. The van der Waals surface area contributed by atoms with Gasteiger partial charge in [0.1, 0.15) is 0 Å². The fraction of sp³-hybridized carbons (Fsp3) is 0.432. The van der Waals surface area contributed by atoms with Gasteiger partial charge < -0.3 is 41.2 Å². The van der Waals surface area contributed by atoms with Gasteiger partial charge in [-0.1, -0.05) is 45.9 Å². The van der Waals surface area contributed by atoms with Crippen LogP contribution in [0.2, 0.25) is 0 Å². The molecule has 4 atom stereocenters. The number of amides is 2. The number of carbonyl (C=O) groups is 7. The number of fused-ring (bicyclic) bond motifs is 1. The minimum atomic E-state index is -1.54. The third kappa shape index (κ3) is 10.9. The van der Waals surface area contributed by atoms with E-state index in [0.29, 0.717) is 5.56 Å².